The van der Waals surface area contributed by atoms with Gasteiger partial charge >= 0.3 is 0 Å². The summed E-state index contributed by atoms with van der Waals surface area (Å²) in [6.07, 6.45) is 3.85. The first-order chi connectivity index (χ1) is 24.3. The highest BCUT2D eigenvalue weighted by Crippen LogP contribution is 2.44. The molecule has 10 rings (SSSR count). The molecule has 3 nitrogen and oxygen atoms in total. The maximum absolute atomic E-state index is 4.36. The van der Waals surface area contributed by atoms with Gasteiger partial charge < -0.3 is 9.47 Å². The molecule has 3 heterocycles. The summed E-state index contributed by atoms with van der Waals surface area (Å²) < 4.78 is 4.96. The molecule has 10 aromatic rings. The Bertz CT molecular complexity index is 2820. The monoisotopic (exact) mass is 643 g/mol. The van der Waals surface area contributed by atoms with Gasteiger partial charge in [0.1, 0.15) is 0 Å². The fourth-order valence-corrected chi connectivity index (χ4v) is 8.63. The Balaban J connectivity index is 1.20. The molecule has 0 amide bonds. The lowest BCUT2D eigenvalue weighted by molar-refractivity contribution is 1.18. The van der Waals surface area contributed by atoms with Crippen LogP contribution in [0, 0.1) is 0 Å². The topological polar surface area (TPSA) is 21.1 Å². The lowest BCUT2D eigenvalue weighted by Crippen LogP contribution is -2.10. The summed E-state index contributed by atoms with van der Waals surface area (Å²) in [5, 5.41) is 7.48. The van der Waals surface area contributed by atoms with E-state index >= 15 is 0 Å². The molecule has 0 atom stereocenters. The molecule has 0 aliphatic carbocycles. The highest BCUT2D eigenvalue weighted by Gasteiger charge is 2.19. The zero-order valence-electron chi connectivity index (χ0n) is 26.5. The number of fused-ring (bicyclic) bond motifs is 8. The van der Waals surface area contributed by atoms with Crippen LogP contribution in [0.1, 0.15) is 0 Å². The second-order valence-electron chi connectivity index (χ2n) is 12.5. The molecule has 0 aliphatic rings. The third-order valence-corrected chi connectivity index (χ3v) is 10.9. The zero-order chi connectivity index (χ0) is 32.3. The second kappa shape index (κ2) is 11.2. The Hall–Kier alpha value is -6.23. The third-order valence-electron chi connectivity index (χ3n) is 9.66. The number of thiophene rings is 1. The Morgan fingerprint density at radius 2 is 1.12 bits per heavy atom. The molecule has 0 unspecified atom stereocenters. The van der Waals surface area contributed by atoms with Crippen molar-refractivity contribution in [3.8, 4) is 16.8 Å². The van der Waals surface area contributed by atoms with Crippen LogP contribution in [0.3, 0.4) is 0 Å². The average molecular weight is 644 g/mol. The van der Waals surface area contributed by atoms with Crippen molar-refractivity contribution >= 4 is 81.1 Å². The summed E-state index contributed by atoms with van der Waals surface area (Å²) in [5.41, 5.74) is 9.29. The fraction of sp³-hybridized carbons (Fsp3) is 0. The molecule has 0 saturated carbocycles. The molecule has 7 aromatic carbocycles. The Morgan fingerprint density at radius 3 is 1.96 bits per heavy atom. The average Bonchev–Trinajstić information content (AvgIpc) is 3.71. The van der Waals surface area contributed by atoms with E-state index in [0.29, 0.717) is 0 Å². The van der Waals surface area contributed by atoms with Crippen LogP contribution in [0.5, 0.6) is 0 Å². The zero-order valence-corrected chi connectivity index (χ0v) is 27.3. The molecule has 4 heteroatoms. The number of aromatic nitrogens is 2. The number of pyridine rings is 1. The maximum Gasteiger partial charge on any atom is 0.0561 e. The highest BCUT2D eigenvalue weighted by atomic mass is 32.1. The molecular weight excluding hydrogens is 615 g/mol. The van der Waals surface area contributed by atoms with Crippen LogP contribution < -0.4 is 4.90 Å². The third kappa shape index (κ3) is 4.53. The normalized spacial score (nSPS) is 11.7. The van der Waals surface area contributed by atoms with Crippen molar-refractivity contribution in [1.82, 2.24) is 9.55 Å². The van der Waals surface area contributed by atoms with Crippen LogP contribution in [0.25, 0.3) is 69.6 Å². The summed E-state index contributed by atoms with van der Waals surface area (Å²) >= 11 is 1.86. The van der Waals surface area contributed by atoms with Crippen LogP contribution in [0.2, 0.25) is 0 Å². The van der Waals surface area contributed by atoms with Gasteiger partial charge in [0, 0.05) is 76.9 Å². The van der Waals surface area contributed by atoms with Crippen molar-refractivity contribution in [3.63, 3.8) is 0 Å². The van der Waals surface area contributed by atoms with E-state index in [2.05, 4.69) is 178 Å². The van der Waals surface area contributed by atoms with E-state index in [-0.39, 0.29) is 0 Å². The Labute approximate surface area is 287 Å². The minimum Gasteiger partial charge on any atom is -0.310 e. The summed E-state index contributed by atoms with van der Waals surface area (Å²) in [6, 6.07) is 59.3. The number of anilines is 3. The van der Waals surface area contributed by atoms with Gasteiger partial charge in [0.15, 0.2) is 0 Å². The van der Waals surface area contributed by atoms with Gasteiger partial charge in [0.2, 0.25) is 0 Å². The van der Waals surface area contributed by atoms with E-state index in [9.17, 15) is 0 Å². The van der Waals surface area contributed by atoms with Crippen LogP contribution in [0.4, 0.5) is 17.1 Å². The smallest absolute Gasteiger partial charge is 0.0561 e. The van der Waals surface area contributed by atoms with Gasteiger partial charge in [-0.2, -0.15) is 0 Å². The second-order valence-corrected chi connectivity index (χ2v) is 13.5. The number of hydrogen-bond acceptors (Lipinski definition) is 3. The summed E-state index contributed by atoms with van der Waals surface area (Å²) in [5.74, 6) is 0. The molecule has 0 N–H and O–H groups in total. The van der Waals surface area contributed by atoms with Gasteiger partial charge in [0.05, 0.1) is 11.0 Å². The molecule has 0 aliphatic heterocycles. The van der Waals surface area contributed by atoms with E-state index in [4.69, 9.17) is 0 Å². The van der Waals surface area contributed by atoms with Gasteiger partial charge in [-0.25, -0.2) is 0 Å². The summed E-state index contributed by atoms with van der Waals surface area (Å²) in [4.78, 5) is 6.76. The molecule has 230 valence electrons. The standard InChI is InChI=1S/C45H29N3S/c1-3-9-30(10-4-1)31-15-18-34(19-16-31)47(36-21-24-40-41-22-17-32-29-46-26-25-37(32)45(41)49-44(40)28-36)35-20-23-39-38-13-7-8-14-42(38)48(43(39)27-35)33-11-5-2-6-12-33/h1-29H. The van der Waals surface area contributed by atoms with Crippen molar-refractivity contribution in [3.05, 3.63) is 176 Å². The molecular formula is C45H29N3S. The SMILES string of the molecule is c1ccc(-c2ccc(N(c3ccc4c(c3)sc3c5ccncc5ccc43)c3ccc4c5ccccc5n(-c5ccccc5)c4c3)cc2)cc1. The van der Waals surface area contributed by atoms with E-state index < -0.39 is 0 Å². The predicted molar refractivity (Wildman–Crippen MR) is 209 cm³/mol. The maximum atomic E-state index is 4.36. The van der Waals surface area contributed by atoms with Crippen molar-refractivity contribution < 1.29 is 0 Å². The van der Waals surface area contributed by atoms with Crippen LogP contribution in [0.15, 0.2) is 176 Å². The Kier molecular flexibility index (Phi) is 6.36. The van der Waals surface area contributed by atoms with Crippen molar-refractivity contribution in [2.45, 2.75) is 0 Å². The predicted octanol–water partition coefficient (Wildman–Crippen LogP) is 12.8. The van der Waals surface area contributed by atoms with Crippen molar-refractivity contribution in [1.29, 1.82) is 0 Å². The summed E-state index contributed by atoms with van der Waals surface area (Å²) in [6.45, 7) is 0. The number of rotatable bonds is 5. The lowest BCUT2D eigenvalue weighted by atomic mass is 10.0. The number of hydrogen-bond donors (Lipinski definition) is 0. The molecule has 0 spiro atoms. The Morgan fingerprint density at radius 1 is 0.469 bits per heavy atom. The minimum atomic E-state index is 1.11. The molecule has 0 saturated heterocycles. The number of nitrogens with zero attached hydrogens (tertiary/aromatic N) is 3. The quantitative estimate of drug-likeness (QED) is 0.186. The first kappa shape index (κ1) is 27.8. The van der Waals surface area contributed by atoms with Crippen molar-refractivity contribution in [2.24, 2.45) is 0 Å². The molecule has 3 aromatic heterocycles. The highest BCUT2D eigenvalue weighted by molar-refractivity contribution is 7.26. The largest absolute Gasteiger partial charge is 0.310 e. The van der Waals surface area contributed by atoms with Crippen LogP contribution >= 0.6 is 11.3 Å². The number of benzene rings is 7. The van der Waals surface area contributed by atoms with Gasteiger partial charge in [0.25, 0.3) is 0 Å². The molecule has 49 heavy (non-hydrogen) atoms. The van der Waals surface area contributed by atoms with Gasteiger partial charge in [-0.1, -0.05) is 103 Å². The van der Waals surface area contributed by atoms with Crippen LogP contribution in [-0.4, -0.2) is 9.55 Å². The van der Waals surface area contributed by atoms with E-state index in [1.807, 2.05) is 23.7 Å². The van der Waals surface area contributed by atoms with Crippen LogP contribution in [-0.2, 0) is 0 Å². The van der Waals surface area contributed by atoms with Gasteiger partial charge in [-0.15, -0.1) is 11.3 Å². The first-order valence-electron chi connectivity index (χ1n) is 16.5. The van der Waals surface area contributed by atoms with Crippen molar-refractivity contribution in [2.75, 3.05) is 4.90 Å². The first-order valence-corrected chi connectivity index (χ1v) is 17.4. The minimum absolute atomic E-state index is 1.11. The van der Waals surface area contributed by atoms with E-state index in [1.165, 1.54) is 63.9 Å². The number of para-hydroxylation sites is 2. The molecule has 0 bridgehead atoms. The molecule has 0 fully saturated rings. The van der Waals surface area contributed by atoms with E-state index in [1.54, 1.807) is 0 Å². The van der Waals surface area contributed by atoms with E-state index in [0.717, 1.165) is 22.7 Å². The fourth-order valence-electron chi connectivity index (χ4n) is 7.36. The summed E-state index contributed by atoms with van der Waals surface area (Å²) in [7, 11) is 0. The molecule has 0 radical (unpaired) electrons. The van der Waals surface area contributed by atoms with Gasteiger partial charge in [-0.05, 0) is 71.8 Å². The lowest BCUT2D eigenvalue weighted by Gasteiger charge is -2.26. The van der Waals surface area contributed by atoms with Gasteiger partial charge in [-0.3, -0.25) is 4.98 Å².